The summed E-state index contributed by atoms with van der Waals surface area (Å²) in [5.41, 5.74) is 6.94. The van der Waals surface area contributed by atoms with Gasteiger partial charge in [0.25, 0.3) is 0 Å². The Morgan fingerprint density at radius 2 is 1.20 bits per heavy atom. The van der Waals surface area contributed by atoms with E-state index in [-0.39, 0.29) is 29.9 Å². The van der Waals surface area contributed by atoms with Crippen LogP contribution in [0.2, 0.25) is 0 Å². The van der Waals surface area contributed by atoms with E-state index in [1.807, 2.05) is 41.4 Å². The fourth-order valence-corrected chi connectivity index (χ4v) is 8.01. The maximum Gasteiger partial charge on any atom is 0.405 e. The Balaban J connectivity index is 1.02. The van der Waals surface area contributed by atoms with Crippen molar-refractivity contribution in [2.24, 2.45) is 0 Å². The number of H-pyrrole nitrogens is 2. The zero-order chi connectivity index (χ0) is 37.8. The molecule has 12 nitrogen and oxygen atoms in total. The van der Waals surface area contributed by atoms with Gasteiger partial charge in [-0.15, -0.1) is 0 Å². The number of imidazole rings is 2. The molecule has 0 radical (unpaired) electrons. The van der Waals surface area contributed by atoms with Gasteiger partial charge in [-0.25, -0.2) is 14.8 Å². The van der Waals surface area contributed by atoms with Crippen LogP contribution < -0.4 is 5.32 Å². The van der Waals surface area contributed by atoms with Crippen LogP contribution in [0.4, 0.5) is 4.79 Å². The lowest BCUT2D eigenvalue weighted by Crippen LogP contribution is -2.46. The number of likely N-dealkylation sites (N-methyl/N-ethyl adjacent to an activating group) is 1. The minimum Gasteiger partial charge on any atom is -0.465 e. The van der Waals surface area contributed by atoms with E-state index in [0.717, 1.165) is 83.8 Å². The zero-order valence-corrected chi connectivity index (χ0v) is 31.0. The molecule has 2 aliphatic heterocycles. The summed E-state index contributed by atoms with van der Waals surface area (Å²) >= 11 is 0. The lowest BCUT2D eigenvalue weighted by atomic mass is 10.0. The maximum absolute atomic E-state index is 14.2. The average Bonchev–Trinajstić information content (AvgIpc) is 4.03. The summed E-state index contributed by atoms with van der Waals surface area (Å²) in [5.74, 6) is 1.39. The van der Waals surface area contributed by atoms with Crippen molar-refractivity contribution >= 4 is 17.9 Å². The highest BCUT2D eigenvalue weighted by atomic mass is 16.4. The third-order valence-corrected chi connectivity index (χ3v) is 10.9. The molecule has 0 unspecified atom stereocenters. The molecule has 0 spiro atoms. The summed E-state index contributed by atoms with van der Waals surface area (Å²) in [6.07, 6.45) is 5.83. The molecule has 4 atom stereocenters. The SMILES string of the molecule is CCN(CC)[C@@H](C(=O)N1CCC[C@H]1c1ncc(-c2ccc(-c3ccc(-c4cnc([C@@H]5CCCN5C(=O)[C@H](C)NC(=O)O)[nH]4)cc3)cc2)[nH]1)c1ccccc1. The van der Waals surface area contributed by atoms with Crippen LogP contribution in [-0.2, 0) is 9.59 Å². The molecule has 0 aliphatic carbocycles. The Kier molecular flexibility index (Phi) is 10.9. The Bertz CT molecular complexity index is 2060. The number of rotatable bonds is 12. The Labute approximate surface area is 315 Å². The molecule has 2 aliphatic rings. The Morgan fingerprint density at radius 1 is 0.741 bits per heavy atom. The number of nitrogens with one attached hydrogen (secondary N) is 3. The van der Waals surface area contributed by atoms with Crippen LogP contribution >= 0.6 is 0 Å². The molecule has 2 fully saturated rings. The van der Waals surface area contributed by atoms with Crippen molar-refractivity contribution in [3.05, 3.63) is 108 Å². The maximum atomic E-state index is 14.2. The van der Waals surface area contributed by atoms with E-state index in [1.165, 1.54) is 0 Å². The fourth-order valence-electron chi connectivity index (χ4n) is 8.01. The van der Waals surface area contributed by atoms with Gasteiger partial charge in [-0.1, -0.05) is 92.7 Å². The van der Waals surface area contributed by atoms with E-state index < -0.39 is 12.1 Å². The van der Waals surface area contributed by atoms with Crippen molar-refractivity contribution in [3.63, 3.8) is 0 Å². The monoisotopic (exact) mass is 728 g/mol. The summed E-state index contributed by atoms with van der Waals surface area (Å²) in [6, 6.07) is 25.3. The quantitative estimate of drug-likeness (QED) is 0.106. The van der Waals surface area contributed by atoms with E-state index in [1.54, 1.807) is 18.0 Å². The van der Waals surface area contributed by atoms with Crippen molar-refractivity contribution in [3.8, 4) is 33.6 Å². The van der Waals surface area contributed by atoms with E-state index in [4.69, 9.17) is 10.1 Å². The number of hydrogen-bond donors (Lipinski definition) is 4. The predicted octanol–water partition coefficient (Wildman–Crippen LogP) is 7.20. The van der Waals surface area contributed by atoms with Gasteiger partial charge in [0.05, 0.1) is 35.9 Å². The molecule has 12 heteroatoms. The molecule has 4 N–H and O–H groups in total. The average molecular weight is 729 g/mol. The predicted molar refractivity (Wildman–Crippen MR) is 207 cm³/mol. The Morgan fingerprint density at radius 3 is 1.67 bits per heavy atom. The van der Waals surface area contributed by atoms with E-state index >= 15 is 0 Å². The highest BCUT2D eigenvalue weighted by molar-refractivity contribution is 5.85. The first-order valence-corrected chi connectivity index (χ1v) is 19.0. The molecule has 2 saturated heterocycles. The highest BCUT2D eigenvalue weighted by Gasteiger charge is 2.38. The zero-order valence-electron chi connectivity index (χ0n) is 31.0. The molecule has 5 aromatic rings. The van der Waals surface area contributed by atoms with Crippen LogP contribution in [0.1, 0.15) is 81.8 Å². The van der Waals surface area contributed by atoms with Crippen LogP contribution in [-0.4, -0.2) is 89.9 Å². The molecule has 0 bridgehead atoms. The number of hydrogen-bond acceptors (Lipinski definition) is 6. The first-order chi connectivity index (χ1) is 26.2. The van der Waals surface area contributed by atoms with E-state index in [0.29, 0.717) is 18.9 Å². The summed E-state index contributed by atoms with van der Waals surface area (Å²) in [6.45, 7) is 8.63. The lowest BCUT2D eigenvalue weighted by molar-refractivity contribution is -0.138. The third kappa shape index (κ3) is 7.52. The second kappa shape index (κ2) is 16.1. The fraction of sp³-hybridized carbons (Fsp3) is 0.357. The van der Waals surface area contributed by atoms with Crippen LogP contribution in [0.3, 0.4) is 0 Å². The molecule has 3 amide bonds. The molecule has 0 saturated carbocycles. The number of likely N-dealkylation sites (tertiary alicyclic amines) is 2. The molecule has 4 heterocycles. The second-order valence-corrected chi connectivity index (χ2v) is 14.1. The van der Waals surface area contributed by atoms with Gasteiger partial charge in [0.2, 0.25) is 11.8 Å². The molecule has 54 heavy (non-hydrogen) atoms. The number of amides is 3. The molecular formula is C42H48N8O4. The van der Waals surface area contributed by atoms with Gasteiger partial charge in [0, 0.05) is 13.1 Å². The summed E-state index contributed by atoms with van der Waals surface area (Å²) in [7, 11) is 0. The first-order valence-electron chi connectivity index (χ1n) is 19.0. The normalized spacial score (nSPS) is 18.2. The van der Waals surface area contributed by atoms with Gasteiger partial charge in [0.1, 0.15) is 23.7 Å². The van der Waals surface area contributed by atoms with Crippen molar-refractivity contribution in [1.82, 2.24) is 40.0 Å². The van der Waals surface area contributed by atoms with Gasteiger partial charge in [-0.2, -0.15) is 0 Å². The van der Waals surface area contributed by atoms with Gasteiger partial charge in [-0.3, -0.25) is 14.5 Å². The number of benzene rings is 3. The van der Waals surface area contributed by atoms with Gasteiger partial charge < -0.3 is 30.2 Å². The van der Waals surface area contributed by atoms with E-state index in [9.17, 15) is 14.4 Å². The van der Waals surface area contributed by atoms with Crippen molar-refractivity contribution in [2.45, 2.75) is 70.6 Å². The molecular weight excluding hydrogens is 681 g/mol. The van der Waals surface area contributed by atoms with Crippen LogP contribution in [0.5, 0.6) is 0 Å². The van der Waals surface area contributed by atoms with Crippen LogP contribution in [0.25, 0.3) is 33.6 Å². The smallest absolute Gasteiger partial charge is 0.405 e. The van der Waals surface area contributed by atoms with Crippen molar-refractivity contribution in [2.75, 3.05) is 26.2 Å². The standard InChI is InChI=1S/C42H48N8O4/c1-4-48(5-2)37(32-11-7-6-8-12-32)41(52)50-24-10-14-36(50)39-44-26-34(47-39)31-21-17-29(18-22-31)28-15-19-30(20-16-28)33-25-43-38(46-33)35-13-9-23-49(35)40(51)27(3)45-42(53)54/h6-8,11-12,15-22,25-27,35-37,45H,4-5,9-10,13-14,23-24H2,1-3H3,(H,43,46)(H,44,47)(H,53,54)/t27-,35-,36-,37+/m0/s1. The van der Waals surface area contributed by atoms with Crippen molar-refractivity contribution < 1.29 is 19.5 Å². The molecule has 280 valence electrons. The van der Waals surface area contributed by atoms with Crippen LogP contribution in [0, 0.1) is 0 Å². The second-order valence-electron chi connectivity index (χ2n) is 14.1. The van der Waals surface area contributed by atoms with Crippen molar-refractivity contribution in [1.29, 1.82) is 0 Å². The van der Waals surface area contributed by atoms with Crippen LogP contribution in [0.15, 0.2) is 91.3 Å². The molecule has 3 aromatic carbocycles. The largest absolute Gasteiger partial charge is 0.465 e. The topological polar surface area (TPSA) is 151 Å². The lowest BCUT2D eigenvalue weighted by Gasteiger charge is -2.34. The summed E-state index contributed by atoms with van der Waals surface area (Å²) in [4.78, 5) is 60.5. The minimum atomic E-state index is -1.22. The number of carbonyl (C=O) groups excluding carboxylic acids is 2. The summed E-state index contributed by atoms with van der Waals surface area (Å²) < 4.78 is 0. The first kappa shape index (κ1) is 36.6. The van der Waals surface area contributed by atoms with Gasteiger partial charge in [-0.05, 0) is 73.5 Å². The minimum absolute atomic E-state index is 0.0961. The highest BCUT2D eigenvalue weighted by Crippen LogP contribution is 2.36. The number of nitrogens with zero attached hydrogens (tertiary/aromatic N) is 5. The number of aromatic amines is 2. The third-order valence-electron chi connectivity index (χ3n) is 10.9. The van der Waals surface area contributed by atoms with Gasteiger partial charge in [0.15, 0.2) is 0 Å². The Hall–Kier alpha value is -5.75. The number of carboxylic acid groups (broad SMARTS) is 1. The molecule has 7 rings (SSSR count). The number of aromatic nitrogens is 4. The number of carbonyl (C=O) groups is 3. The van der Waals surface area contributed by atoms with E-state index in [2.05, 4.69) is 87.5 Å². The molecule has 2 aromatic heterocycles. The summed E-state index contributed by atoms with van der Waals surface area (Å²) in [5, 5.41) is 11.3. The van der Waals surface area contributed by atoms with Gasteiger partial charge >= 0.3 is 6.09 Å².